The first-order valence-corrected chi connectivity index (χ1v) is 4.97. The quantitative estimate of drug-likeness (QED) is 0.451. The molecule has 0 bridgehead atoms. The SMILES string of the molecule is Oc1cc2cccc[n+]2c2cc(F)ccc12. The lowest BCUT2D eigenvalue weighted by Gasteiger charge is -1.99. The lowest BCUT2D eigenvalue weighted by Crippen LogP contribution is -2.21. The Morgan fingerprint density at radius 2 is 1.94 bits per heavy atom. The summed E-state index contributed by atoms with van der Waals surface area (Å²) >= 11 is 0. The van der Waals surface area contributed by atoms with Crippen molar-refractivity contribution in [2.45, 2.75) is 0 Å². The fraction of sp³-hybridized carbons (Fsp3) is 0. The highest BCUT2D eigenvalue weighted by atomic mass is 19.1. The molecule has 0 fully saturated rings. The Labute approximate surface area is 91.2 Å². The molecule has 0 amide bonds. The van der Waals surface area contributed by atoms with Gasteiger partial charge in [0.15, 0.2) is 6.20 Å². The van der Waals surface area contributed by atoms with Gasteiger partial charge in [-0.25, -0.2) is 4.39 Å². The highest BCUT2D eigenvalue weighted by molar-refractivity contribution is 5.84. The maximum absolute atomic E-state index is 13.2. The lowest BCUT2D eigenvalue weighted by atomic mass is 10.1. The fourth-order valence-corrected chi connectivity index (χ4v) is 1.93. The maximum Gasteiger partial charge on any atom is 0.225 e. The highest BCUT2D eigenvalue weighted by Crippen LogP contribution is 2.23. The Bertz CT molecular complexity index is 694. The van der Waals surface area contributed by atoms with Gasteiger partial charge in [0.1, 0.15) is 11.6 Å². The van der Waals surface area contributed by atoms with Gasteiger partial charge in [0.2, 0.25) is 11.0 Å². The Kier molecular flexibility index (Phi) is 1.80. The molecule has 0 unspecified atom stereocenters. The zero-order valence-electron chi connectivity index (χ0n) is 8.39. The molecule has 3 aromatic rings. The van der Waals surface area contributed by atoms with Crippen LogP contribution in [-0.4, -0.2) is 5.11 Å². The van der Waals surface area contributed by atoms with Crippen LogP contribution in [0.15, 0.2) is 48.7 Å². The first-order chi connectivity index (χ1) is 7.75. The van der Waals surface area contributed by atoms with Gasteiger partial charge in [-0.15, -0.1) is 0 Å². The fourth-order valence-electron chi connectivity index (χ4n) is 1.93. The van der Waals surface area contributed by atoms with E-state index in [1.165, 1.54) is 12.1 Å². The van der Waals surface area contributed by atoms with Crippen LogP contribution in [0.1, 0.15) is 0 Å². The Hall–Kier alpha value is -2.16. The largest absolute Gasteiger partial charge is 0.507 e. The average Bonchev–Trinajstić information content (AvgIpc) is 2.29. The van der Waals surface area contributed by atoms with Gasteiger partial charge in [-0.05, 0) is 18.2 Å². The zero-order chi connectivity index (χ0) is 11.1. The van der Waals surface area contributed by atoms with Gasteiger partial charge in [0.05, 0.1) is 11.5 Å². The van der Waals surface area contributed by atoms with Gasteiger partial charge >= 0.3 is 0 Å². The lowest BCUT2D eigenvalue weighted by molar-refractivity contribution is -0.481. The molecule has 78 valence electrons. The second kappa shape index (κ2) is 3.17. The van der Waals surface area contributed by atoms with Crippen molar-refractivity contribution in [2.75, 3.05) is 0 Å². The molecule has 2 aromatic heterocycles. The van der Waals surface area contributed by atoms with E-state index in [1.54, 1.807) is 12.1 Å². The summed E-state index contributed by atoms with van der Waals surface area (Å²) in [4.78, 5) is 0. The van der Waals surface area contributed by atoms with Crippen LogP contribution < -0.4 is 4.40 Å². The molecule has 0 spiro atoms. The van der Waals surface area contributed by atoms with E-state index in [1.807, 2.05) is 28.8 Å². The summed E-state index contributed by atoms with van der Waals surface area (Å²) in [5.74, 6) is -0.142. The summed E-state index contributed by atoms with van der Waals surface area (Å²) in [6.45, 7) is 0. The molecule has 0 saturated carbocycles. The molecule has 0 saturated heterocycles. The first kappa shape index (κ1) is 9.09. The minimum absolute atomic E-state index is 0.168. The van der Waals surface area contributed by atoms with Crippen molar-refractivity contribution in [1.29, 1.82) is 0 Å². The van der Waals surface area contributed by atoms with Gasteiger partial charge in [-0.1, -0.05) is 0 Å². The molecular weight excluding hydrogens is 205 g/mol. The summed E-state index contributed by atoms with van der Waals surface area (Å²) in [6, 6.07) is 11.6. The number of aromatic hydroxyl groups is 1. The van der Waals surface area contributed by atoms with Crippen molar-refractivity contribution in [1.82, 2.24) is 0 Å². The third kappa shape index (κ3) is 1.21. The van der Waals surface area contributed by atoms with Crippen LogP contribution in [0.4, 0.5) is 4.39 Å². The minimum atomic E-state index is -0.309. The molecule has 2 heterocycles. The summed E-state index contributed by atoms with van der Waals surface area (Å²) < 4.78 is 15.0. The number of aromatic nitrogens is 1. The Morgan fingerprint density at radius 3 is 2.81 bits per heavy atom. The Morgan fingerprint density at radius 1 is 1.06 bits per heavy atom. The smallest absolute Gasteiger partial charge is 0.225 e. The molecule has 1 N–H and O–H groups in total. The van der Waals surface area contributed by atoms with Gasteiger partial charge in [-0.2, -0.15) is 4.40 Å². The van der Waals surface area contributed by atoms with E-state index in [9.17, 15) is 9.50 Å². The normalized spacial score (nSPS) is 11.1. The second-order valence-electron chi connectivity index (χ2n) is 3.69. The van der Waals surface area contributed by atoms with E-state index in [2.05, 4.69) is 0 Å². The van der Waals surface area contributed by atoms with E-state index in [0.717, 1.165) is 5.52 Å². The molecule has 0 atom stereocenters. The predicted molar refractivity (Wildman–Crippen MR) is 58.7 cm³/mol. The van der Waals surface area contributed by atoms with E-state index in [-0.39, 0.29) is 11.6 Å². The summed E-state index contributed by atoms with van der Waals surface area (Å²) in [5, 5.41) is 10.5. The van der Waals surface area contributed by atoms with E-state index < -0.39 is 0 Å². The van der Waals surface area contributed by atoms with E-state index >= 15 is 0 Å². The number of rotatable bonds is 0. The number of pyridine rings is 2. The summed E-state index contributed by atoms with van der Waals surface area (Å²) in [5.41, 5.74) is 1.49. The molecule has 0 aliphatic heterocycles. The number of fused-ring (bicyclic) bond motifs is 3. The van der Waals surface area contributed by atoms with E-state index in [0.29, 0.717) is 10.9 Å². The number of nitrogens with zero attached hydrogens (tertiary/aromatic N) is 1. The zero-order valence-corrected chi connectivity index (χ0v) is 8.39. The van der Waals surface area contributed by atoms with Crippen molar-refractivity contribution in [3.05, 3.63) is 54.5 Å². The van der Waals surface area contributed by atoms with Crippen LogP contribution >= 0.6 is 0 Å². The number of halogens is 1. The molecule has 2 nitrogen and oxygen atoms in total. The van der Waals surface area contributed by atoms with Crippen LogP contribution in [0.3, 0.4) is 0 Å². The number of hydrogen-bond donors (Lipinski definition) is 1. The number of hydrogen-bond acceptors (Lipinski definition) is 1. The first-order valence-electron chi connectivity index (χ1n) is 4.97. The summed E-state index contributed by atoms with van der Waals surface area (Å²) in [7, 11) is 0. The molecule has 3 heteroatoms. The molecule has 0 aliphatic rings. The van der Waals surface area contributed by atoms with Crippen molar-refractivity contribution in [3.63, 3.8) is 0 Å². The average molecular weight is 214 g/mol. The van der Waals surface area contributed by atoms with Crippen LogP contribution in [0.2, 0.25) is 0 Å². The monoisotopic (exact) mass is 214 g/mol. The van der Waals surface area contributed by atoms with Gasteiger partial charge in [0, 0.05) is 18.2 Å². The van der Waals surface area contributed by atoms with Gasteiger partial charge in [-0.3, -0.25) is 0 Å². The van der Waals surface area contributed by atoms with Crippen molar-refractivity contribution >= 4 is 16.4 Å². The van der Waals surface area contributed by atoms with E-state index in [4.69, 9.17) is 0 Å². The van der Waals surface area contributed by atoms with Crippen LogP contribution in [0, 0.1) is 5.82 Å². The van der Waals surface area contributed by atoms with Crippen molar-refractivity contribution in [3.8, 4) is 5.75 Å². The minimum Gasteiger partial charge on any atom is -0.507 e. The van der Waals surface area contributed by atoms with Crippen molar-refractivity contribution < 1.29 is 13.9 Å². The maximum atomic E-state index is 13.2. The van der Waals surface area contributed by atoms with Crippen molar-refractivity contribution in [2.24, 2.45) is 0 Å². The third-order valence-corrected chi connectivity index (χ3v) is 2.67. The topological polar surface area (TPSA) is 24.3 Å². The molecule has 16 heavy (non-hydrogen) atoms. The highest BCUT2D eigenvalue weighted by Gasteiger charge is 2.13. The van der Waals surface area contributed by atoms with Gasteiger partial charge in [0.25, 0.3) is 0 Å². The van der Waals surface area contributed by atoms with Crippen LogP contribution in [0.5, 0.6) is 5.75 Å². The Balaban J connectivity index is 2.61. The molecule has 0 aliphatic carbocycles. The van der Waals surface area contributed by atoms with Crippen LogP contribution in [-0.2, 0) is 0 Å². The molecule has 3 rings (SSSR count). The molecule has 0 radical (unpaired) electrons. The molecule has 1 aromatic carbocycles. The summed E-state index contributed by atoms with van der Waals surface area (Å²) in [6.07, 6.45) is 1.84. The standard InChI is InChI=1S/C13H8FNO/c14-9-4-5-11-12(7-9)15-6-2-1-3-10(15)8-13(11)16/h1-8H/p+1. The number of benzene rings is 1. The second-order valence-corrected chi connectivity index (χ2v) is 3.69. The molecular formula is C13H9FNO+. The third-order valence-electron chi connectivity index (χ3n) is 2.67. The predicted octanol–water partition coefficient (Wildman–Crippen LogP) is 2.42. The van der Waals surface area contributed by atoms with Gasteiger partial charge < -0.3 is 5.11 Å². The van der Waals surface area contributed by atoms with Crippen LogP contribution in [0.25, 0.3) is 16.4 Å².